The number of nitrogens with one attached hydrogen (secondary N) is 1. The summed E-state index contributed by atoms with van der Waals surface area (Å²) in [7, 11) is 0. The van der Waals surface area contributed by atoms with Gasteiger partial charge < -0.3 is 11.1 Å². The average Bonchev–Trinajstić information content (AvgIpc) is 2.45. The Hall–Kier alpha value is -2.64. The van der Waals surface area contributed by atoms with Crippen LogP contribution in [0.3, 0.4) is 0 Å². The number of pyridine rings is 1. The minimum Gasteiger partial charge on any atom is -0.322 e. The van der Waals surface area contributed by atoms with Crippen molar-refractivity contribution in [1.29, 1.82) is 0 Å². The third-order valence-electron chi connectivity index (χ3n) is 2.59. The van der Waals surface area contributed by atoms with Crippen molar-refractivity contribution in [2.24, 2.45) is 5.73 Å². The predicted molar refractivity (Wildman–Crippen MR) is 79.3 cm³/mol. The van der Waals surface area contributed by atoms with Crippen LogP contribution in [0.15, 0.2) is 42.7 Å². The maximum absolute atomic E-state index is 12.0. The number of aromatic nitrogens is 1. The molecule has 0 aliphatic heterocycles. The van der Waals surface area contributed by atoms with Gasteiger partial charge in [0.15, 0.2) is 0 Å². The summed E-state index contributed by atoms with van der Waals surface area (Å²) in [5.41, 5.74) is 8.44. The van der Waals surface area contributed by atoms with Crippen LogP contribution in [-0.4, -0.2) is 17.4 Å². The van der Waals surface area contributed by atoms with E-state index in [-0.39, 0.29) is 5.91 Å². The Balaban J connectivity index is 2.21. The van der Waals surface area contributed by atoms with Crippen molar-refractivity contribution in [3.63, 3.8) is 0 Å². The minimum atomic E-state index is -0.193. The zero-order chi connectivity index (χ0) is 14.4. The molecule has 100 valence electrons. The van der Waals surface area contributed by atoms with Crippen LogP contribution in [0.1, 0.15) is 21.5 Å². The van der Waals surface area contributed by atoms with Crippen LogP contribution in [0, 0.1) is 18.8 Å². The van der Waals surface area contributed by atoms with E-state index in [9.17, 15) is 4.79 Å². The van der Waals surface area contributed by atoms with Crippen LogP contribution in [-0.2, 0) is 0 Å². The van der Waals surface area contributed by atoms with Gasteiger partial charge in [-0.25, -0.2) is 0 Å². The maximum atomic E-state index is 12.0. The normalized spacial score (nSPS) is 9.50. The number of hydrogen-bond donors (Lipinski definition) is 2. The molecular formula is C16H15N3O. The van der Waals surface area contributed by atoms with Crippen molar-refractivity contribution >= 4 is 11.6 Å². The lowest BCUT2D eigenvalue weighted by Crippen LogP contribution is -2.12. The van der Waals surface area contributed by atoms with Gasteiger partial charge in [-0.05, 0) is 42.8 Å². The molecule has 0 aliphatic rings. The molecule has 0 unspecified atom stereocenters. The van der Waals surface area contributed by atoms with Crippen LogP contribution in [0.25, 0.3) is 0 Å². The summed E-state index contributed by atoms with van der Waals surface area (Å²) in [4.78, 5) is 16.0. The summed E-state index contributed by atoms with van der Waals surface area (Å²) < 4.78 is 0. The zero-order valence-electron chi connectivity index (χ0n) is 11.2. The third kappa shape index (κ3) is 3.67. The van der Waals surface area contributed by atoms with Crippen molar-refractivity contribution < 1.29 is 4.79 Å². The van der Waals surface area contributed by atoms with Gasteiger partial charge in [0.1, 0.15) is 0 Å². The van der Waals surface area contributed by atoms with Crippen LogP contribution in [0.2, 0.25) is 0 Å². The third-order valence-corrected chi connectivity index (χ3v) is 2.59. The van der Waals surface area contributed by atoms with Crippen molar-refractivity contribution in [2.45, 2.75) is 6.92 Å². The topological polar surface area (TPSA) is 68.0 Å². The molecular weight excluding hydrogens is 250 g/mol. The highest BCUT2D eigenvalue weighted by Crippen LogP contribution is 2.15. The van der Waals surface area contributed by atoms with Crippen LogP contribution in [0.5, 0.6) is 0 Å². The number of amides is 1. The Morgan fingerprint density at radius 2 is 2.25 bits per heavy atom. The molecule has 3 N–H and O–H groups in total. The minimum absolute atomic E-state index is 0.193. The molecule has 0 fully saturated rings. The molecule has 0 spiro atoms. The lowest BCUT2D eigenvalue weighted by Gasteiger charge is -2.07. The van der Waals surface area contributed by atoms with Gasteiger partial charge in [-0.15, -0.1) is 0 Å². The molecule has 1 aromatic carbocycles. The van der Waals surface area contributed by atoms with Gasteiger partial charge in [0.05, 0.1) is 12.1 Å². The fourth-order valence-electron chi connectivity index (χ4n) is 1.78. The van der Waals surface area contributed by atoms with E-state index in [1.807, 2.05) is 25.1 Å². The number of hydrogen-bond acceptors (Lipinski definition) is 3. The molecule has 1 aromatic heterocycles. The molecule has 0 radical (unpaired) electrons. The van der Waals surface area contributed by atoms with Gasteiger partial charge in [0.25, 0.3) is 5.91 Å². The molecule has 0 saturated carbocycles. The molecule has 2 rings (SSSR count). The second-order valence-electron chi connectivity index (χ2n) is 4.29. The largest absolute Gasteiger partial charge is 0.322 e. The smallest absolute Gasteiger partial charge is 0.257 e. The number of nitrogens with two attached hydrogens (primary N) is 1. The highest BCUT2D eigenvalue weighted by Gasteiger charge is 2.06. The quantitative estimate of drug-likeness (QED) is 0.815. The van der Waals surface area contributed by atoms with Gasteiger partial charge in [-0.3, -0.25) is 9.78 Å². The fraction of sp³-hybridized carbons (Fsp3) is 0.125. The van der Waals surface area contributed by atoms with Gasteiger partial charge >= 0.3 is 0 Å². The van der Waals surface area contributed by atoms with E-state index < -0.39 is 0 Å². The van der Waals surface area contributed by atoms with Gasteiger partial charge in [0.2, 0.25) is 0 Å². The number of rotatable bonds is 2. The van der Waals surface area contributed by atoms with Crippen LogP contribution < -0.4 is 11.1 Å². The maximum Gasteiger partial charge on any atom is 0.257 e. The standard InChI is InChI=1S/C16H15N3O/c1-12-8-13(4-2-6-17)10-15(9-12)19-16(20)14-5-3-7-18-11-14/h3,5,7-11H,6,17H2,1H3,(H,19,20). The summed E-state index contributed by atoms with van der Waals surface area (Å²) in [5, 5.41) is 2.84. The van der Waals surface area contributed by atoms with E-state index in [0.717, 1.165) is 11.1 Å². The second-order valence-corrected chi connectivity index (χ2v) is 4.29. The molecule has 2 aromatic rings. The Morgan fingerprint density at radius 3 is 2.95 bits per heavy atom. The lowest BCUT2D eigenvalue weighted by atomic mass is 10.1. The van der Waals surface area contributed by atoms with E-state index in [4.69, 9.17) is 5.73 Å². The van der Waals surface area contributed by atoms with Crippen molar-refractivity contribution in [2.75, 3.05) is 11.9 Å². The van der Waals surface area contributed by atoms with Gasteiger partial charge in [-0.2, -0.15) is 0 Å². The monoisotopic (exact) mass is 265 g/mol. The number of nitrogens with zero attached hydrogens (tertiary/aromatic N) is 1. The molecule has 1 amide bonds. The second kappa shape index (κ2) is 6.50. The molecule has 4 heteroatoms. The highest BCUT2D eigenvalue weighted by molar-refractivity contribution is 6.04. The average molecular weight is 265 g/mol. The Labute approximate surface area is 118 Å². The van der Waals surface area contributed by atoms with Crippen molar-refractivity contribution in [1.82, 2.24) is 4.98 Å². The summed E-state index contributed by atoms with van der Waals surface area (Å²) in [5.74, 6) is 5.57. The summed E-state index contributed by atoms with van der Waals surface area (Å²) in [6, 6.07) is 9.10. The molecule has 4 nitrogen and oxygen atoms in total. The first-order valence-electron chi connectivity index (χ1n) is 6.21. The number of carbonyl (C=O) groups is 1. The molecule has 0 saturated heterocycles. The Morgan fingerprint density at radius 1 is 1.40 bits per heavy atom. The first-order chi connectivity index (χ1) is 9.69. The molecule has 0 bridgehead atoms. The Kier molecular flexibility index (Phi) is 4.48. The van der Waals surface area contributed by atoms with Gasteiger partial charge in [0, 0.05) is 23.6 Å². The van der Waals surface area contributed by atoms with Gasteiger partial charge in [-0.1, -0.05) is 11.8 Å². The number of anilines is 1. The Bertz CT molecular complexity index is 669. The predicted octanol–water partition coefficient (Wildman–Crippen LogP) is 1.95. The fourth-order valence-corrected chi connectivity index (χ4v) is 1.78. The number of carbonyl (C=O) groups excluding carboxylic acids is 1. The molecule has 0 aliphatic carbocycles. The summed E-state index contributed by atoms with van der Waals surface area (Å²) >= 11 is 0. The van der Waals surface area contributed by atoms with E-state index in [1.165, 1.54) is 6.20 Å². The highest BCUT2D eigenvalue weighted by atomic mass is 16.1. The summed E-state index contributed by atoms with van der Waals surface area (Å²) in [6.07, 6.45) is 3.16. The van der Waals surface area contributed by atoms with E-state index >= 15 is 0 Å². The number of benzene rings is 1. The first kappa shape index (κ1) is 13.8. The summed E-state index contributed by atoms with van der Waals surface area (Å²) in [6.45, 7) is 2.26. The molecule has 20 heavy (non-hydrogen) atoms. The van der Waals surface area contributed by atoms with Crippen molar-refractivity contribution in [3.8, 4) is 11.8 Å². The van der Waals surface area contributed by atoms with Crippen molar-refractivity contribution in [3.05, 3.63) is 59.4 Å². The first-order valence-corrected chi connectivity index (χ1v) is 6.21. The zero-order valence-corrected chi connectivity index (χ0v) is 11.2. The van der Waals surface area contributed by atoms with E-state index in [1.54, 1.807) is 18.3 Å². The lowest BCUT2D eigenvalue weighted by molar-refractivity contribution is 0.102. The van der Waals surface area contributed by atoms with Crippen LogP contribution >= 0.6 is 0 Å². The number of aryl methyl sites for hydroxylation is 1. The van der Waals surface area contributed by atoms with E-state index in [2.05, 4.69) is 22.1 Å². The molecule has 0 atom stereocenters. The van der Waals surface area contributed by atoms with E-state index in [0.29, 0.717) is 17.8 Å². The molecule has 1 heterocycles. The SMILES string of the molecule is Cc1cc(C#CCN)cc(NC(=O)c2cccnc2)c1. The van der Waals surface area contributed by atoms with Crippen LogP contribution in [0.4, 0.5) is 5.69 Å².